The average molecular weight is 1600 g/mol. The van der Waals surface area contributed by atoms with Crippen molar-refractivity contribution in [3.8, 4) is 0 Å². The maximum absolute atomic E-state index is 13.3. The maximum Gasteiger partial charge on any atom is 0.324 e. The number of hydrogen-bond acceptors (Lipinski definition) is 20. The lowest BCUT2D eigenvalue weighted by Crippen LogP contribution is -2.59. The van der Waals surface area contributed by atoms with E-state index in [0.29, 0.717) is 57.5 Å². The first-order chi connectivity index (χ1) is 50.7. The molecule has 0 aromatic rings. The molecule has 0 aromatic heterocycles. The van der Waals surface area contributed by atoms with E-state index in [1.807, 2.05) is 0 Å². The van der Waals surface area contributed by atoms with Gasteiger partial charge in [0, 0.05) is 14.2 Å². The molecule has 0 amide bonds. The molecule has 15 atom stereocenters. The SMILES string of the molecule is COCCOC(=O)CSSOC(=O)C(C)(C)CC(C)(C)C(=O)OCOC1CC[C@@]2(C)C(=CC[C@H]3[C@]4(C)CC[C@](C)(C(C)(C)CCCC(C)C)[C@H]4CC[C@@]32C)C1.COCCOC(=O)CSSOC(=O)C(C)(C)CC(C)C(=O)OCOC1CC[C@@]2(C)C(=CC[C@H]3[C@]4(C)CC[C@](C)(C(C)(C)CCCC(C)C)[C@H]4CC[C@@]32C)C1. The Morgan fingerprint density at radius 3 is 1.27 bits per heavy atom. The highest BCUT2D eigenvalue weighted by molar-refractivity contribution is 8.75. The highest BCUT2D eigenvalue weighted by Crippen LogP contribution is 2.78. The second kappa shape index (κ2) is 37.9. The van der Waals surface area contributed by atoms with Gasteiger partial charge >= 0.3 is 35.8 Å². The number of allylic oxidation sites excluding steroid dienone is 2. The van der Waals surface area contributed by atoms with Crippen LogP contribution in [0.3, 0.4) is 0 Å². The van der Waals surface area contributed by atoms with Crippen molar-refractivity contribution in [1.82, 2.24) is 0 Å². The highest BCUT2D eigenvalue weighted by Gasteiger charge is 2.70. The molecule has 109 heavy (non-hydrogen) atoms. The van der Waals surface area contributed by atoms with Gasteiger partial charge in [0.2, 0.25) is 0 Å². The van der Waals surface area contributed by atoms with Crippen LogP contribution in [0.25, 0.3) is 0 Å². The summed E-state index contributed by atoms with van der Waals surface area (Å²) in [4.78, 5) is 75.4. The topological polar surface area (TPSA) is 195 Å². The van der Waals surface area contributed by atoms with Gasteiger partial charge in [-0.2, -0.15) is 0 Å². The fourth-order valence-electron chi connectivity index (χ4n) is 23.5. The predicted octanol–water partition coefficient (Wildman–Crippen LogP) is 22.7. The van der Waals surface area contributed by atoms with Gasteiger partial charge < -0.3 is 46.3 Å². The van der Waals surface area contributed by atoms with Crippen LogP contribution in [0.15, 0.2) is 23.3 Å². The molecule has 8 aliphatic rings. The van der Waals surface area contributed by atoms with Crippen LogP contribution in [0, 0.1) is 112 Å². The Balaban J connectivity index is 0.000000303. The normalized spacial score (nSPS) is 32.6. The molecule has 0 bridgehead atoms. The highest BCUT2D eigenvalue weighted by atomic mass is 33.1. The van der Waals surface area contributed by atoms with Crippen molar-refractivity contribution in [2.24, 2.45) is 112 Å². The lowest BCUT2D eigenvalue weighted by Gasteiger charge is -2.66. The molecule has 626 valence electrons. The van der Waals surface area contributed by atoms with E-state index in [4.69, 9.17) is 46.3 Å². The molecule has 8 rings (SSSR count). The van der Waals surface area contributed by atoms with Gasteiger partial charge in [-0.05, 0) is 281 Å². The quantitative estimate of drug-likeness (QED) is 0.0108. The third-order valence-electron chi connectivity index (χ3n) is 31.3. The van der Waals surface area contributed by atoms with Crippen LogP contribution < -0.4 is 0 Å². The molecule has 0 aliphatic heterocycles. The summed E-state index contributed by atoms with van der Waals surface area (Å²) in [6, 6.07) is 0. The first-order valence-electron chi connectivity index (χ1n) is 41.9. The van der Waals surface area contributed by atoms with E-state index in [9.17, 15) is 28.8 Å². The second-order valence-corrected chi connectivity index (χ2v) is 44.7. The number of methoxy groups -OCH3 is 2. The van der Waals surface area contributed by atoms with E-state index in [0.717, 1.165) is 119 Å². The van der Waals surface area contributed by atoms with Gasteiger partial charge in [-0.3, -0.25) is 28.8 Å². The Bertz CT molecular complexity index is 3140. The van der Waals surface area contributed by atoms with E-state index in [2.05, 4.69) is 123 Å². The lowest BCUT2D eigenvalue weighted by atomic mass is 9.38. The van der Waals surface area contributed by atoms with Crippen molar-refractivity contribution in [3.63, 3.8) is 0 Å². The van der Waals surface area contributed by atoms with Crippen LogP contribution in [0.2, 0.25) is 0 Å². The summed E-state index contributed by atoms with van der Waals surface area (Å²) < 4.78 is 54.2. The molecular formula is C89H150O16S4. The number of carbonyl (C=O) groups is 6. The van der Waals surface area contributed by atoms with Crippen molar-refractivity contribution in [3.05, 3.63) is 23.3 Å². The predicted molar refractivity (Wildman–Crippen MR) is 443 cm³/mol. The summed E-state index contributed by atoms with van der Waals surface area (Å²) in [5.74, 6) is 1.50. The second-order valence-electron chi connectivity index (χ2n) is 40.9. The van der Waals surface area contributed by atoms with E-state index in [1.165, 1.54) is 104 Å². The molecule has 3 unspecified atom stereocenters. The largest absolute Gasteiger partial charge is 0.463 e. The van der Waals surface area contributed by atoms with Gasteiger partial charge in [-0.1, -0.05) is 167 Å². The fourth-order valence-corrected chi connectivity index (χ4v) is 26.2. The summed E-state index contributed by atoms with van der Waals surface area (Å²) in [6.45, 7) is 54.0. The Morgan fingerprint density at radius 1 is 0.468 bits per heavy atom. The molecule has 6 fully saturated rings. The van der Waals surface area contributed by atoms with Gasteiger partial charge in [0.1, 0.15) is 46.9 Å². The molecule has 16 nitrogen and oxygen atoms in total. The Labute approximate surface area is 676 Å². The molecule has 0 N–H and O–H groups in total. The van der Waals surface area contributed by atoms with Gasteiger partial charge in [-0.15, -0.1) is 0 Å². The smallest absolute Gasteiger partial charge is 0.324 e. The van der Waals surface area contributed by atoms with Crippen molar-refractivity contribution < 1.29 is 75.0 Å². The summed E-state index contributed by atoms with van der Waals surface area (Å²) in [5.41, 5.74) is 3.29. The molecule has 0 aromatic carbocycles. The Hall–Kier alpha value is -2.46. The first-order valence-corrected chi connectivity index (χ1v) is 46.4. The molecule has 6 saturated carbocycles. The molecule has 0 saturated heterocycles. The number of fused-ring (bicyclic) bond motifs is 10. The molecule has 0 spiro atoms. The van der Waals surface area contributed by atoms with Crippen molar-refractivity contribution in [2.45, 2.75) is 326 Å². The number of rotatable bonds is 38. The average Bonchev–Trinajstić information content (AvgIpc) is 1.64. The van der Waals surface area contributed by atoms with Crippen LogP contribution in [0.5, 0.6) is 0 Å². The molecule has 0 heterocycles. The van der Waals surface area contributed by atoms with Gasteiger partial charge in [0.05, 0.1) is 47.6 Å². The molecule has 20 heteroatoms. The van der Waals surface area contributed by atoms with E-state index < -0.39 is 52.0 Å². The van der Waals surface area contributed by atoms with Gasteiger partial charge in [-0.25, -0.2) is 0 Å². The molecular weight excluding hydrogens is 1450 g/mol. The van der Waals surface area contributed by atoms with E-state index in [1.54, 1.807) is 59.6 Å². The maximum atomic E-state index is 13.3. The third kappa shape index (κ3) is 20.9. The number of carbonyl (C=O) groups excluding carboxylic acids is 6. The van der Waals surface area contributed by atoms with Crippen LogP contribution >= 0.6 is 43.7 Å². The van der Waals surface area contributed by atoms with Crippen molar-refractivity contribution >= 4 is 79.6 Å². The zero-order valence-corrected chi connectivity index (χ0v) is 75.9. The lowest BCUT2D eigenvalue weighted by molar-refractivity contribution is -0.178. The summed E-state index contributed by atoms with van der Waals surface area (Å²) in [7, 11) is 5.22. The Kier molecular flexibility index (Phi) is 32.5. The number of hydrogen-bond donors (Lipinski definition) is 0. The number of esters is 4. The van der Waals surface area contributed by atoms with Gasteiger partial charge in [0.15, 0.2) is 13.6 Å². The Morgan fingerprint density at radius 2 is 0.862 bits per heavy atom. The fraction of sp³-hybridized carbons (Fsp3) is 0.888. The minimum absolute atomic E-state index is 0.0157. The van der Waals surface area contributed by atoms with Crippen molar-refractivity contribution in [1.29, 1.82) is 0 Å². The summed E-state index contributed by atoms with van der Waals surface area (Å²) in [5, 5.41) is 0. The van der Waals surface area contributed by atoms with Crippen LogP contribution in [0.4, 0.5) is 0 Å². The van der Waals surface area contributed by atoms with E-state index in [-0.39, 0.29) is 91.0 Å². The van der Waals surface area contributed by atoms with Gasteiger partial charge in [0.25, 0.3) is 0 Å². The summed E-state index contributed by atoms with van der Waals surface area (Å²) in [6.07, 6.45) is 32.6. The molecule has 0 radical (unpaired) electrons. The standard InChI is InChI=1S/C45H76O8S2.C44H74O8S2/c1-31(2)15-14-20-41(7,8)44(11)24-23-42(9)34-17-16-32-27-33(18-21-43(32,10)45(34,12)22-19-35(42)44)51-30-52-37(47)39(3,4)29-40(5,6)38(48)53-55-54-28-36(46)50-26-25-49-13;1-30(2)14-13-19-40(6,7)43(10)23-22-41(8)34-16-15-32-26-33(17-20-42(32,9)44(34,11)21-18-35(41)43)50-29-51-37(46)31(3)27-39(4,5)38(47)52-54-53-28-36(45)49-25-24-48-12/h16,31,33-35H,14-15,17-30H2,1-13H3;15,30-31,33-35H,13-14,16-29H2,1-12H3/t33?,34-,35-,42-,43-,44-,45-;31?,33?,34-,35-,41-,42-,43-,44-/m00/s1. The zero-order chi connectivity index (χ0) is 81.3. The zero-order valence-electron chi connectivity index (χ0n) is 72.6. The third-order valence-corrected chi connectivity index (χ3v) is 34.3. The summed E-state index contributed by atoms with van der Waals surface area (Å²) >= 11 is 1.67. The van der Waals surface area contributed by atoms with Crippen LogP contribution in [-0.2, 0) is 75.0 Å². The van der Waals surface area contributed by atoms with Crippen molar-refractivity contribution in [2.75, 3.05) is 65.7 Å². The first kappa shape index (κ1) is 93.7. The minimum Gasteiger partial charge on any atom is -0.463 e. The minimum atomic E-state index is -0.956. The van der Waals surface area contributed by atoms with E-state index >= 15 is 0 Å². The van der Waals surface area contributed by atoms with Crippen LogP contribution in [0.1, 0.15) is 313 Å². The molecule has 8 aliphatic carbocycles. The van der Waals surface area contributed by atoms with Crippen LogP contribution in [-0.4, -0.2) is 114 Å². The number of ether oxygens (including phenoxy) is 8. The monoisotopic (exact) mass is 1600 g/mol.